The Labute approximate surface area is 223 Å². The van der Waals surface area contributed by atoms with Crippen LogP contribution in [-0.2, 0) is 36.8 Å². The fraction of sp³-hybridized carbons (Fsp3) is 0.417. The number of aliphatic hydroxyl groups excluding tert-OH is 1. The topological polar surface area (TPSA) is 263 Å². The lowest BCUT2D eigenvalue weighted by Crippen LogP contribution is -2.60. The van der Waals surface area contributed by atoms with Gasteiger partial charge >= 0.3 is 5.97 Å². The van der Waals surface area contributed by atoms with Crippen LogP contribution in [0.3, 0.4) is 0 Å². The fourth-order valence-electron chi connectivity index (χ4n) is 3.55. The summed E-state index contributed by atoms with van der Waals surface area (Å²) in [6.45, 7) is 1.21. The molecule has 2 aromatic rings. The highest BCUT2D eigenvalue weighted by Gasteiger charge is 2.33. The number of aliphatic carboxylic acids is 1. The quantitative estimate of drug-likeness (QED) is 0.112. The molecule has 1 aromatic heterocycles. The number of aromatic nitrogens is 2. The molecule has 15 heteroatoms. The van der Waals surface area contributed by atoms with E-state index < -0.39 is 59.9 Å². The summed E-state index contributed by atoms with van der Waals surface area (Å²) in [5, 5.41) is 36.1. The van der Waals surface area contributed by atoms with Crippen LogP contribution in [0.1, 0.15) is 31.0 Å². The summed E-state index contributed by atoms with van der Waals surface area (Å²) in [7, 11) is 0. The third-order valence-electron chi connectivity index (χ3n) is 5.70. The van der Waals surface area contributed by atoms with Crippen molar-refractivity contribution < 1.29 is 39.3 Å². The molecule has 11 N–H and O–H groups in total. The van der Waals surface area contributed by atoms with E-state index in [0.29, 0.717) is 11.3 Å². The predicted octanol–water partition coefficient (Wildman–Crippen LogP) is -2.59. The molecule has 15 nitrogen and oxygen atoms in total. The average Bonchev–Trinajstić information content (AvgIpc) is 3.38. The van der Waals surface area contributed by atoms with Crippen LogP contribution in [0.2, 0.25) is 0 Å². The number of H-pyrrole nitrogens is 1. The van der Waals surface area contributed by atoms with E-state index in [1.807, 2.05) is 0 Å². The molecular formula is C24H33N7O8. The minimum atomic E-state index is -1.61. The SMILES string of the molecule is CC(O)C(NC(=O)C(Cc1ccc(O)cc1)NC(=O)C(N)Cc1cnc[nH]1)C(=O)NC(CCC(N)=O)C(=O)O. The number of amides is 4. The van der Waals surface area contributed by atoms with Crippen LogP contribution in [-0.4, -0.2) is 85.2 Å². The molecule has 212 valence electrons. The van der Waals surface area contributed by atoms with E-state index >= 15 is 0 Å². The van der Waals surface area contributed by atoms with Gasteiger partial charge in [0.2, 0.25) is 23.6 Å². The monoisotopic (exact) mass is 547 g/mol. The van der Waals surface area contributed by atoms with Gasteiger partial charge in [-0.05, 0) is 31.0 Å². The van der Waals surface area contributed by atoms with Crippen LogP contribution in [0.5, 0.6) is 5.75 Å². The molecule has 39 heavy (non-hydrogen) atoms. The lowest BCUT2D eigenvalue weighted by atomic mass is 10.0. The van der Waals surface area contributed by atoms with Crippen molar-refractivity contribution in [3.05, 3.63) is 48.0 Å². The molecule has 0 aliphatic rings. The first-order valence-electron chi connectivity index (χ1n) is 12.0. The zero-order valence-corrected chi connectivity index (χ0v) is 21.2. The van der Waals surface area contributed by atoms with Crippen LogP contribution in [0.15, 0.2) is 36.8 Å². The summed E-state index contributed by atoms with van der Waals surface area (Å²) in [6.07, 6.45) is 0.859. The molecular weight excluding hydrogens is 514 g/mol. The minimum Gasteiger partial charge on any atom is -0.508 e. The van der Waals surface area contributed by atoms with Gasteiger partial charge in [0.15, 0.2) is 0 Å². The van der Waals surface area contributed by atoms with Crippen molar-refractivity contribution >= 4 is 29.6 Å². The summed E-state index contributed by atoms with van der Waals surface area (Å²) in [5.74, 6) is -4.80. The molecule has 0 aliphatic heterocycles. The first-order chi connectivity index (χ1) is 18.4. The van der Waals surface area contributed by atoms with Crippen LogP contribution < -0.4 is 27.4 Å². The highest BCUT2D eigenvalue weighted by molar-refractivity contribution is 5.94. The molecule has 1 heterocycles. The molecule has 1 aromatic carbocycles. The number of phenolic OH excluding ortho intramolecular Hbond substituents is 1. The normalized spacial score (nSPS) is 14.7. The maximum atomic E-state index is 13.2. The lowest BCUT2D eigenvalue weighted by Gasteiger charge is -2.26. The number of benzene rings is 1. The number of nitrogens with zero attached hydrogens (tertiary/aromatic N) is 1. The number of rotatable bonds is 15. The fourth-order valence-corrected chi connectivity index (χ4v) is 3.55. The average molecular weight is 548 g/mol. The number of carboxylic acid groups (broad SMARTS) is 1. The number of nitrogens with two attached hydrogens (primary N) is 2. The number of carbonyl (C=O) groups is 5. The number of aromatic amines is 1. The Bertz CT molecular complexity index is 1140. The van der Waals surface area contributed by atoms with Gasteiger partial charge < -0.3 is 47.7 Å². The number of nitrogens with one attached hydrogen (secondary N) is 4. The van der Waals surface area contributed by atoms with Gasteiger partial charge in [-0.3, -0.25) is 19.2 Å². The van der Waals surface area contributed by atoms with Crippen molar-refractivity contribution in [2.45, 2.75) is 62.9 Å². The van der Waals surface area contributed by atoms with Crippen molar-refractivity contribution in [3.63, 3.8) is 0 Å². The van der Waals surface area contributed by atoms with Crippen molar-refractivity contribution in [1.82, 2.24) is 25.9 Å². The standard InChI is InChI=1S/C24H33N7O8/c1-12(32)20(23(37)29-17(24(38)39)6-7-19(26)34)31-22(36)18(8-13-2-4-15(33)5-3-13)30-21(35)16(25)9-14-10-27-11-28-14/h2-5,10-12,16-18,20,32-33H,6-9,25H2,1H3,(H2,26,34)(H,27,28)(H,29,37)(H,30,35)(H,31,36)(H,38,39). The highest BCUT2D eigenvalue weighted by atomic mass is 16.4. The van der Waals surface area contributed by atoms with Gasteiger partial charge in [0.25, 0.3) is 0 Å². The van der Waals surface area contributed by atoms with Crippen molar-refractivity contribution in [2.24, 2.45) is 11.5 Å². The summed E-state index contributed by atoms with van der Waals surface area (Å²) in [5.41, 5.74) is 12.2. The van der Waals surface area contributed by atoms with Gasteiger partial charge in [-0.25, -0.2) is 9.78 Å². The number of primary amides is 1. The second-order valence-corrected chi connectivity index (χ2v) is 8.95. The molecule has 0 saturated carbocycles. The minimum absolute atomic E-state index is 0.0134. The molecule has 0 spiro atoms. The Kier molecular flexibility index (Phi) is 11.4. The number of imidazole rings is 1. The Morgan fingerprint density at radius 3 is 2.15 bits per heavy atom. The Morgan fingerprint density at radius 2 is 1.62 bits per heavy atom. The van der Waals surface area contributed by atoms with E-state index in [0.717, 1.165) is 0 Å². The number of phenols is 1. The molecule has 0 fully saturated rings. The van der Waals surface area contributed by atoms with E-state index in [9.17, 15) is 39.3 Å². The molecule has 4 amide bonds. The molecule has 0 radical (unpaired) electrons. The van der Waals surface area contributed by atoms with Crippen molar-refractivity contribution in [1.29, 1.82) is 0 Å². The number of hydrogen-bond acceptors (Lipinski definition) is 9. The van der Waals surface area contributed by atoms with Crippen LogP contribution in [0.25, 0.3) is 0 Å². The largest absolute Gasteiger partial charge is 0.508 e. The Morgan fingerprint density at radius 1 is 0.974 bits per heavy atom. The summed E-state index contributed by atoms with van der Waals surface area (Å²) >= 11 is 0. The molecule has 2 rings (SSSR count). The molecule has 0 aliphatic carbocycles. The molecule has 0 saturated heterocycles. The van der Waals surface area contributed by atoms with E-state index in [2.05, 4.69) is 25.9 Å². The number of carboxylic acids is 1. The summed E-state index contributed by atoms with van der Waals surface area (Å²) in [4.78, 5) is 68.0. The van der Waals surface area contributed by atoms with Gasteiger partial charge in [-0.15, -0.1) is 0 Å². The van der Waals surface area contributed by atoms with Crippen LogP contribution in [0, 0.1) is 0 Å². The number of hydrogen-bond donors (Lipinski definition) is 9. The smallest absolute Gasteiger partial charge is 0.326 e. The first kappa shape index (κ1) is 30.7. The zero-order chi connectivity index (χ0) is 29.1. The van der Waals surface area contributed by atoms with E-state index in [4.69, 9.17) is 11.5 Å². The van der Waals surface area contributed by atoms with Crippen molar-refractivity contribution in [3.8, 4) is 5.75 Å². The zero-order valence-electron chi connectivity index (χ0n) is 21.2. The van der Waals surface area contributed by atoms with Crippen LogP contribution in [0.4, 0.5) is 0 Å². The molecule has 5 unspecified atom stereocenters. The Balaban J connectivity index is 2.19. The van der Waals surface area contributed by atoms with E-state index in [-0.39, 0.29) is 31.4 Å². The Hall–Kier alpha value is -4.50. The molecule has 0 bridgehead atoms. The van der Waals surface area contributed by atoms with Gasteiger partial charge in [-0.2, -0.15) is 0 Å². The maximum absolute atomic E-state index is 13.2. The number of aliphatic hydroxyl groups is 1. The van der Waals surface area contributed by atoms with Gasteiger partial charge in [0.1, 0.15) is 23.9 Å². The van der Waals surface area contributed by atoms with Crippen molar-refractivity contribution in [2.75, 3.05) is 0 Å². The second kappa shape index (κ2) is 14.4. The van der Waals surface area contributed by atoms with Gasteiger partial charge in [0.05, 0.1) is 18.5 Å². The third-order valence-corrected chi connectivity index (χ3v) is 5.70. The lowest BCUT2D eigenvalue weighted by molar-refractivity contribution is -0.143. The van der Waals surface area contributed by atoms with E-state index in [1.165, 1.54) is 43.7 Å². The molecule has 5 atom stereocenters. The van der Waals surface area contributed by atoms with E-state index in [1.54, 1.807) is 0 Å². The van der Waals surface area contributed by atoms with Crippen LogP contribution >= 0.6 is 0 Å². The number of carbonyl (C=O) groups excluding carboxylic acids is 4. The predicted molar refractivity (Wildman–Crippen MR) is 136 cm³/mol. The summed E-state index contributed by atoms with van der Waals surface area (Å²) < 4.78 is 0. The maximum Gasteiger partial charge on any atom is 0.326 e. The second-order valence-electron chi connectivity index (χ2n) is 8.95. The summed E-state index contributed by atoms with van der Waals surface area (Å²) in [6, 6.07) is 0.400. The first-order valence-corrected chi connectivity index (χ1v) is 12.0. The highest BCUT2D eigenvalue weighted by Crippen LogP contribution is 2.12. The van der Waals surface area contributed by atoms with Gasteiger partial charge in [0, 0.05) is 31.2 Å². The van der Waals surface area contributed by atoms with Gasteiger partial charge in [-0.1, -0.05) is 12.1 Å². The number of aromatic hydroxyl groups is 1. The third kappa shape index (κ3) is 10.1.